The molecule has 0 radical (unpaired) electrons. The van der Waals surface area contributed by atoms with Gasteiger partial charge in [-0.15, -0.1) is 0 Å². The molecule has 0 aliphatic heterocycles. The number of ketones is 1. The monoisotopic (exact) mass is 435 g/mol. The van der Waals surface area contributed by atoms with Crippen molar-refractivity contribution >= 4 is 29.1 Å². The van der Waals surface area contributed by atoms with Crippen molar-refractivity contribution in [3.63, 3.8) is 0 Å². The van der Waals surface area contributed by atoms with Crippen LogP contribution >= 0.6 is 11.8 Å². The third kappa shape index (κ3) is 5.69. The van der Waals surface area contributed by atoms with Crippen molar-refractivity contribution in [2.24, 2.45) is 0 Å². The van der Waals surface area contributed by atoms with Gasteiger partial charge in [-0.05, 0) is 37.3 Å². The molecule has 156 valence electrons. The molecule has 10 heteroatoms. The number of halogens is 3. The highest BCUT2D eigenvalue weighted by molar-refractivity contribution is 7.99. The van der Waals surface area contributed by atoms with Gasteiger partial charge in [-0.3, -0.25) is 9.59 Å². The summed E-state index contributed by atoms with van der Waals surface area (Å²) in [5, 5.41) is 2.54. The minimum atomic E-state index is -4.64. The molecule has 1 aromatic carbocycles. The summed E-state index contributed by atoms with van der Waals surface area (Å²) < 4.78 is 44.6. The summed E-state index contributed by atoms with van der Waals surface area (Å²) in [7, 11) is 0. The molecule has 3 aromatic rings. The zero-order chi connectivity index (χ0) is 21.7. The van der Waals surface area contributed by atoms with Gasteiger partial charge in [0.25, 0.3) is 0 Å². The summed E-state index contributed by atoms with van der Waals surface area (Å²) in [6.45, 7) is 1.42. The molecule has 30 heavy (non-hydrogen) atoms. The number of rotatable bonds is 7. The van der Waals surface area contributed by atoms with E-state index < -0.39 is 11.9 Å². The molecule has 0 saturated carbocycles. The summed E-state index contributed by atoms with van der Waals surface area (Å²) in [6, 6.07) is 10.3. The number of alkyl halides is 3. The lowest BCUT2D eigenvalue weighted by molar-refractivity contribution is -0.141. The van der Waals surface area contributed by atoms with Crippen molar-refractivity contribution in [3.05, 3.63) is 60.0 Å². The van der Waals surface area contributed by atoms with Gasteiger partial charge in [-0.1, -0.05) is 23.9 Å². The largest absolute Gasteiger partial charge is 0.463 e. The van der Waals surface area contributed by atoms with Crippen molar-refractivity contribution in [3.8, 4) is 11.5 Å². The van der Waals surface area contributed by atoms with E-state index in [4.69, 9.17) is 4.42 Å². The Morgan fingerprint density at radius 2 is 1.93 bits per heavy atom. The van der Waals surface area contributed by atoms with Gasteiger partial charge in [-0.2, -0.15) is 13.2 Å². The third-order valence-corrected chi connectivity index (χ3v) is 4.73. The first-order chi connectivity index (χ1) is 14.2. The average Bonchev–Trinajstić information content (AvgIpc) is 3.22. The van der Waals surface area contributed by atoms with E-state index in [0.717, 1.165) is 17.8 Å². The number of nitrogens with zero attached hydrogens (tertiary/aromatic N) is 2. The molecule has 1 N–H and O–H groups in total. The van der Waals surface area contributed by atoms with Gasteiger partial charge >= 0.3 is 6.18 Å². The lowest BCUT2D eigenvalue weighted by Crippen LogP contribution is -2.13. The van der Waals surface area contributed by atoms with Crippen LogP contribution in [0.5, 0.6) is 0 Å². The molecule has 0 saturated heterocycles. The highest BCUT2D eigenvalue weighted by atomic mass is 32.2. The number of aromatic nitrogens is 2. The Hall–Kier alpha value is -3.14. The number of hydrogen-bond acceptors (Lipinski definition) is 6. The Labute approximate surface area is 173 Å². The van der Waals surface area contributed by atoms with Gasteiger partial charge < -0.3 is 9.73 Å². The number of nitrogens with one attached hydrogen (secondary N) is 1. The van der Waals surface area contributed by atoms with Crippen molar-refractivity contribution in [1.82, 2.24) is 9.97 Å². The van der Waals surface area contributed by atoms with Crippen molar-refractivity contribution < 1.29 is 27.2 Å². The molecule has 2 aromatic heterocycles. The summed E-state index contributed by atoms with van der Waals surface area (Å²) in [5.41, 5.74) is -0.148. The van der Waals surface area contributed by atoms with Crippen LogP contribution in [-0.4, -0.2) is 27.4 Å². The molecule has 0 aliphatic rings. The fourth-order valence-corrected chi connectivity index (χ4v) is 3.26. The Kier molecular flexibility index (Phi) is 6.56. The normalized spacial score (nSPS) is 11.3. The van der Waals surface area contributed by atoms with Gasteiger partial charge in [-0.25, -0.2) is 9.97 Å². The number of benzene rings is 1. The molecule has 0 spiro atoms. The minimum absolute atomic E-state index is 0.00956. The first-order valence-corrected chi connectivity index (χ1v) is 9.75. The van der Waals surface area contributed by atoms with Crippen LogP contribution in [0.2, 0.25) is 0 Å². The van der Waals surface area contributed by atoms with Crippen molar-refractivity contribution in [2.75, 3.05) is 11.1 Å². The number of amides is 1. The Bertz CT molecular complexity index is 1050. The van der Waals surface area contributed by atoms with Gasteiger partial charge in [0.05, 0.1) is 6.26 Å². The molecule has 1 amide bonds. The average molecular weight is 435 g/mol. The number of Topliss-reactive ketones (excluding diaryl/α,β-unsaturated/α-hetero) is 1. The quantitative estimate of drug-likeness (QED) is 0.317. The van der Waals surface area contributed by atoms with E-state index in [9.17, 15) is 22.8 Å². The molecule has 2 heterocycles. The number of furan rings is 1. The summed E-state index contributed by atoms with van der Waals surface area (Å²) in [4.78, 5) is 31.2. The molecular weight excluding hydrogens is 419 g/mol. The molecule has 0 unspecified atom stereocenters. The molecule has 0 aliphatic carbocycles. The van der Waals surface area contributed by atoms with Crippen LogP contribution in [0, 0.1) is 0 Å². The van der Waals surface area contributed by atoms with E-state index in [1.165, 1.54) is 19.3 Å². The van der Waals surface area contributed by atoms with E-state index in [0.29, 0.717) is 11.3 Å². The standard InChI is InChI=1S/C20H16F3N3O3S/c1-12(27)13-4-2-5-14(10-13)24-18(28)7-9-30-19-25-15(16-6-3-8-29-16)11-17(26-19)20(21,22)23/h2-6,8,10-11H,7,9H2,1H3,(H,24,28). The second-order valence-electron chi connectivity index (χ2n) is 6.18. The Balaban J connectivity index is 1.65. The van der Waals surface area contributed by atoms with Gasteiger partial charge in [0, 0.05) is 23.4 Å². The maximum absolute atomic E-state index is 13.2. The SMILES string of the molecule is CC(=O)c1cccc(NC(=O)CCSc2nc(-c3ccco3)cc(C(F)(F)F)n2)c1. The van der Waals surface area contributed by atoms with Crippen LogP contribution in [-0.2, 0) is 11.0 Å². The summed E-state index contributed by atoms with van der Waals surface area (Å²) in [6.07, 6.45) is -3.29. The van der Waals surface area contributed by atoms with E-state index in [-0.39, 0.29) is 40.5 Å². The fourth-order valence-electron chi connectivity index (χ4n) is 2.46. The van der Waals surface area contributed by atoms with E-state index in [1.807, 2.05) is 0 Å². The number of carbonyl (C=O) groups excluding carboxylic acids is 2. The molecule has 6 nitrogen and oxygen atoms in total. The van der Waals surface area contributed by atoms with Gasteiger partial charge in [0.2, 0.25) is 5.91 Å². The van der Waals surface area contributed by atoms with Crippen LogP contribution in [0.3, 0.4) is 0 Å². The Morgan fingerprint density at radius 3 is 2.60 bits per heavy atom. The number of hydrogen-bond donors (Lipinski definition) is 1. The Morgan fingerprint density at radius 1 is 1.13 bits per heavy atom. The van der Waals surface area contributed by atoms with Crippen LogP contribution in [0.25, 0.3) is 11.5 Å². The topological polar surface area (TPSA) is 85.1 Å². The first-order valence-electron chi connectivity index (χ1n) is 8.76. The van der Waals surface area contributed by atoms with Crippen LogP contribution < -0.4 is 5.32 Å². The van der Waals surface area contributed by atoms with E-state index in [1.54, 1.807) is 30.3 Å². The zero-order valence-electron chi connectivity index (χ0n) is 15.7. The van der Waals surface area contributed by atoms with Crippen LogP contribution in [0.15, 0.2) is 58.3 Å². The van der Waals surface area contributed by atoms with Crippen LogP contribution in [0.4, 0.5) is 18.9 Å². The maximum Gasteiger partial charge on any atom is 0.433 e. The number of carbonyl (C=O) groups is 2. The highest BCUT2D eigenvalue weighted by Crippen LogP contribution is 2.32. The second kappa shape index (κ2) is 9.12. The summed E-state index contributed by atoms with van der Waals surface area (Å²) >= 11 is 0.930. The number of thioether (sulfide) groups is 1. The van der Waals surface area contributed by atoms with Gasteiger partial charge in [0.1, 0.15) is 11.4 Å². The third-order valence-electron chi connectivity index (χ3n) is 3.88. The second-order valence-corrected chi connectivity index (χ2v) is 7.24. The molecule has 0 fully saturated rings. The zero-order valence-corrected chi connectivity index (χ0v) is 16.5. The lowest BCUT2D eigenvalue weighted by Gasteiger charge is -2.09. The number of anilines is 1. The van der Waals surface area contributed by atoms with Crippen LogP contribution in [0.1, 0.15) is 29.4 Å². The maximum atomic E-state index is 13.2. The smallest absolute Gasteiger partial charge is 0.433 e. The fraction of sp³-hybridized carbons (Fsp3) is 0.200. The van der Waals surface area contributed by atoms with E-state index in [2.05, 4.69) is 15.3 Å². The van der Waals surface area contributed by atoms with Crippen molar-refractivity contribution in [1.29, 1.82) is 0 Å². The van der Waals surface area contributed by atoms with Gasteiger partial charge in [0.15, 0.2) is 16.7 Å². The lowest BCUT2D eigenvalue weighted by atomic mass is 10.1. The summed E-state index contributed by atoms with van der Waals surface area (Å²) in [5.74, 6) is -0.123. The van der Waals surface area contributed by atoms with E-state index >= 15 is 0 Å². The molecular formula is C20H16F3N3O3S. The van der Waals surface area contributed by atoms with Crippen molar-refractivity contribution in [2.45, 2.75) is 24.7 Å². The molecule has 3 rings (SSSR count). The highest BCUT2D eigenvalue weighted by Gasteiger charge is 2.34. The predicted octanol–water partition coefficient (Wildman–Crippen LogP) is 5.08. The predicted molar refractivity (Wildman–Crippen MR) is 105 cm³/mol. The minimum Gasteiger partial charge on any atom is -0.463 e. The molecule has 0 atom stereocenters. The molecule has 0 bridgehead atoms. The first kappa shape index (κ1) is 21.6.